The van der Waals surface area contributed by atoms with Crippen LogP contribution in [-0.4, -0.2) is 15.9 Å². The van der Waals surface area contributed by atoms with Crippen molar-refractivity contribution < 1.29 is 4.79 Å². The molecule has 2 atom stereocenters. The number of benzene rings is 2. The fourth-order valence-electron chi connectivity index (χ4n) is 3.12. The van der Waals surface area contributed by atoms with Crippen LogP contribution in [0.2, 0.25) is 5.02 Å². The largest absolute Gasteiger partial charge is 0.349 e. The Morgan fingerprint density at radius 3 is 2.72 bits per heavy atom. The van der Waals surface area contributed by atoms with E-state index < -0.39 is 0 Å². The van der Waals surface area contributed by atoms with Crippen molar-refractivity contribution >= 4 is 17.5 Å². The first-order valence-electron chi connectivity index (χ1n) is 8.34. The van der Waals surface area contributed by atoms with E-state index in [1.54, 1.807) is 6.20 Å². The van der Waals surface area contributed by atoms with Crippen molar-refractivity contribution in [3.8, 4) is 11.3 Å². The number of halogens is 1. The molecule has 1 aliphatic rings. The van der Waals surface area contributed by atoms with Gasteiger partial charge in [0.1, 0.15) is 5.82 Å². The number of hydrogen-bond acceptors (Lipinski definition) is 2. The number of amides is 1. The van der Waals surface area contributed by atoms with Gasteiger partial charge >= 0.3 is 0 Å². The second-order valence-electron chi connectivity index (χ2n) is 6.30. The Morgan fingerprint density at radius 2 is 1.92 bits per heavy atom. The molecule has 2 aromatic carbocycles. The van der Waals surface area contributed by atoms with Gasteiger partial charge in [-0.2, -0.15) is 0 Å². The van der Waals surface area contributed by atoms with Crippen LogP contribution in [0.3, 0.4) is 0 Å². The van der Waals surface area contributed by atoms with Gasteiger partial charge in [0, 0.05) is 10.9 Å². The van der Waals surface area contributed by atoms with Crippen molar-refractivity contribution in [3.05, 3.63) is 77.2 Å². The Hall–Kier alpha value is -2.59. The third-order valence-electron chi connectivity index (χ3n) is 4.58. The molecular weight excluding hydrogens is 334 g/mol. The van der Waals surface area contributed by atoms with Crippen LogP contribution in [0.4, 0.5) is 0 Å². The molecular formula is C20H18ClN3O. The fraction of sp³-hybridized carbons (Fsp3) is 0.200. The quantitative estimate of drug-likeness (QED) is 0.725. The molecule has 0 spiro atoms. The molecule has 4 nitrogen and oxygen atoms in total. The van der Waals surface area contributed by atoms with E-state index in [2.05, 4.69) is 15.3 Å². The third-order valence-corrected chi connectivity index (χ3v) is 4.92. The lowest BCUT2D eigenvalue weighted by Gasteiger charge is -2.05. The van der Waals surface area contributed by atoms with Crippen LogP contribution in [0.15, 0.2) is 60.8 Å². The minimum absolute atomic E-state index is 0.00320. The lowest BCUT2D eigenvalue weighted by molar-refractivity contribution is -0.122. The summed E-state index contributed by atoms with van der Waals surface area (Å²) < 4.78 is 0. The van der Waals surface area contributed by atoms with E-state index in [1.807, 2.05) is 54.6 Å². The molecule has 1 saturated carbocycles. The lowest BCUT2D eigenvalue weighted by atomic mass is 10.1. The van der Waals surface area contributed by atoms with Gasteiger partial charge in [0.25, 0.3) is 0 Å². The van der Waals surface area contributed by atoms with Gasteiger partial charge in [-0.1, -0.05) is 60.1 Å². The van der Waals surface area contributed by atoms with Crippen LogP contribution >= 0.6 is 11.6 Å². The summed E-state index contributed by atoms with van der Waals surface area (Å²) in [5.74, 6) is 1.04. The average Bonchev–Trinajstić information content (AvgIpc) is 3.30. The van der Waals surface area contributed by atoms with Crippen molar-refractivity contribution in [2.75, 3.05) is 0 Å². The molecule has 3 aromatic rings. The van der Waals surface area contributed by atoms with Gasteiger partial charge in [0.2, 0.25) is 5.91 Å². The number of aromatic nitrogens is 2. The highest BCUT2D eigenvalue weighted by Crippen LogP contribution is 2.49. The summed E-state index contributed by atoms with van der Waals surface area (Å²) in [6.07, 6.45) is 2.64. The van der Waals surface area contributed by atoms with E-state index in [1.165, 1.54) is 0 Å². The first-order chi connectivity index (χ1) is 12.2. The van der Waals surface area contributed by atoms with Crippen LogP contribution in [0.1, 0.15) is 23.7 Å². The van der Waals surface area contributed by atoms with E-state index in [-0.39, 0.29) is 17.7 Å². The van der Waals surface area contributed by atoms with Crippen LogP contribution in [-0.2, 0) is 11.3 Å². The van der Waals surface area contributed by atoms with Gasteiger partial charge in [-0.3, -0.25) is 4.79 Å². The van der Waals surface area contributed by atoms with E-state index >= 15 is 0 Å². The molecule has 1 heterocycles. The predicted molar refractivity (Wildman–Crippen MR) is 98.2 cm³/mol. The van der Waals surface area contributed by atoms with E-state index in [4.69, 9.17) is 11.6 Å². The molecule has 2 N–H and O–H groups in total. The second kappa shape index (κ2) is 6.73. The molecule has 0 unspecified atom stereocenters. The number of aromatic amines is 1. The number of hydrogen-bond donors (Lipinski definition) is 2. The van der Waals surface area contributed by atoms with Crippen molar-refractivity contribution in [2.24, 2.45) is 5.92 Å². The van der Waals surface area contributed by atoms with Crippen LogP contribution < -0.4 is 5.32 Å². The topological polar surface area (TPSA) is 57.8 Å². The summed E-state index contributed by atoms with van der Waals surface area (Å²) in [6.45, 7) is 0.400. The molecule has 5 heteroatoms. The van der Waals surface area contributed by atoms with Crippen molar-refractivity contribution in [1.29, 1.82) is 0 Å². The summed E-state index contributed by atoms with van der Waals surface area (Å²) >= 11 is 6.22. The Balaban J connectivity index is 1.34. The number of H-pyrrole nitrogens is 1. The number of carbonyl (C=O) groups is 1. The van der Waals surface area contributed by atoms with Crippen molar-refractivity contribution in [2.45, 2.75) is 18.9 Å². The fourth-order valence-corrected chi connectivity index (χ4v) is 3.40. The maximum Gasteiger partial charge on any atom is 0.224 e. The summed E-state index contributed by atoms with van der Waals surface area (Å²) in [5.41, 5.74) is 3.09. The number of nitrogens with zero attached hydrogens (tertiary/aromatic N) is 1. The predicted octanol–water partition coefficient (Wildman–Crippen LogP) is 4.15. The zero-order valence-corrected chi connectivity index (χ0v) is 14.3. The average molecular weight is 352 g/mol. The molecule has 0 radical (unpaired) electrons. The molecule has 0 aliphatic heterocycles. The van der Waals surface area contributed by atoms with Crippen LogP contribution in [0.5, 0.6) is 0 Å². The van der Waals surface area contributed by atoms with Crippen LogP contribution in [0.25, 0.3) is 11.3 Å². The van der Waals surface area contributed by atoms with Crippen molar-refractivity contribution in [3.63, 3.8) is 0 Å². The number of nitrogens with one attached hydrogen (secondary N) is 2. The molecule has 1 fully saturated rings. The third kappa shape index (κ3) is 3.44. The van der Waals surface area contributed by atoms with E-state index in [0.29, 0.717) is 6.54 Å². The molecule has 0 bridgehead atoms. The molecule has 1 amide bonds. The molecule has 126 valence electrons. The summed E-state index contributed by atoms with van der Waals surface area (Å²) in [5, 5.41) is 3.71. The van der Waals surface area contributed by atoms with Gasteiger partial charge in [0.15, 0.2) is 0 Å². The summed E-state index contributed by atoms with van der Waals surface area (Å²) in [6, 6.07) is 17.7. The van der Waals surface area contributed by atoms with E-state index in [0.717, 1.165) is 34.1 Å². The Kier molecular flexibility index (Phi) is 4.28. The highest BCUT2D eigenvalue weighted by atomic mass is 35.5. The first kappa shape index (κ1) is 15.9. The smallest absolute Gasteiger partial charge is 0.224 e. The Bertz CT molecular complexity index is 891. The maximum absolute atomic E-state index is 12.4. The second-order valence-corrected chi connectivity index (χ2v) is 6.70. The molecule has 25 heavy (non-hydrogen) atoms. The van der Waals surface area contributed by atoms with Gasteiger partial charge in [-0.05, 0) is 29.5 Å². The van der Waals surface area contributed by atoms with Gasteiger partial charge < -0.3 is 10.3 Å². The Morgan fingerprint density at radius 1 is 1.16 bits per heavy atom. The summed E-state index contributed by atoms with van der Waals surface area (Å²) in [4.78, 5) is 19.9. The first-order valence-corrected chi connectivity index (χ1v) is 8.71. The lowest BCUT2D eigenvalue weighted by Crippen LogP contribution is -2.25. The molecule has 4 rings (SSSR count). The number of imidazole rings is 1. The molecule has 1 aromatic heterocycles. The standard InChI is InChI=1S/C20H18ClN3O/c21-17-9-5-4-8-14(17)15-10-16(15)20(25)23-12-19-22-11-18(24-19)13-6-2-1-3-7-13/h1-9,11,15-16H,10,12H2,(H,22,24)(H,23,25)/t15-,16+/m1/s1. The Labute approximate surface area is 151 Å². The van der Waals surface area contributed by atoms with E-state index in [9.17, 15) is 4.79 Å². The highest BCUT2D eigenvalue weighted by Gasteiger charge is 2.44. The van der Waals surface area contributed by atoms with Crippen molar-refractivity contribution in [1.82, 2.24) is 15.3 Å². The highest BCUT2D eigenvalue weighted by molar-refractivity contribution is 6.31. The normalized spacial score (nSPS) is 18.8. The zero-order chi connectivity index (χ0) is 17.2. The van der Waals surface area contributed by atoms with Crippen LogP contribution in [0, 0.1) is 5.92 Å². The number of rotatable bonds is 5. The minimum atomic E-state index is 0.00320. The molecule has 1 aliphatic carbocycles. The minimum Gasteiger partial charge on any atom is -0.349 e. The monoisotopic (exact) mass is 351 g/mol. The SMILES string of the molecule is O=C(NCc1ncc(-c2ccccc2)[nH]1)[C@H]1C[C@@H]1c1ccccc1Cl. The number of carbonyl (C=O) groups excluding carboxylic acids is 1. The van der Waals surface area contributed by atoms with Gasteiger partial charge in [0.05, 0.1) is 18.4 Å². The maximum atomic E-state index is 12.4. The van der Waals surface area contributed by atoms with Gasteiger partial charge in [-0.25, -0.2) is 4.98 Å². The zero-order valence-electron chi connectivity index (χ0n) is 13.6. The summed E-state index contributed by atoms with van der Waals surface area (Å²) in [7, 11) is 0. The van der Waals surface area contributed by atoms with Gasteiger partial charge in [-0.15, -0.1) is 0 Å². The molecule has 0 saturated heterocycles.